The van der Waals surface area contributed by atoms with E-state index in [0.29, 0.717) is 0 Å². The smallest absolute Gasteiger partial charge is 0.119 e. The number of piperazine rings is 1. The van der Waals surface area contributed by atoms with Gasteiger partial charge in [-0.2, -0.15) is 0 Å². The van der Waals surface area contributed by atoms with E-state index in [2.05, 4.69) is 10.2 Å². The summed E-state index contributed by atoms with van der Waals surface area (Å²) >= 11 is 1.67. The predicted octanol–water partition coefficient (Wildman–Crippen LogP) is 1.05. The zero-order valence-corrected chi connectivity index (χ0v) is 12.2. The van der Waals surface area contributed by atoms with Gasteiger partial charge in [0.15, 0.2) is 0 Å². The summed E-state index contributed by atoms with van der Waals surface area (Å²) in [5.41, 5.74) is 0. The van der Waals surface area contributed by atoms with Crippen LogP contribution in [0.2, 0.25) is 0 Å². The number of benzene rings is 1. The van der Waals surface area contributed by atoms with E-state index in [1.54, 1.807) is 18.9 Å². The fraction of sp³-hybridized carbons (Fsp3) is 0.571. The highest BCUT2D eigenvalue weighted by molar-refractivity contribution is 7.99. The fourth-order valence-corrected chi connectivity index (χ4v) is 2.99. The lowest BCUT2D eigenvalue weighted by Crippen LogP contribution is -2.46. The molecule has 0 aliphatic carbocycles. The van der Waals surface area contributed by atoms with Gasteiger partial charge in [-0.15, -0.1) is 11.8 Å². The fourth-order valence-electron chi connectivity index (χ4n) is 2.13. The van der Waals surface area contributed by atoms with Crippen molar-refractivity contribution in [3.63, 3.8) is 0 Å². The van der Waals surface area contributed by atoms with Crippen LogP contribution in [0.5, 0.6) is 5.75 Å². The maximum absolute atomic E-state index is 10.1. The number of thioether (sulfide) groups is 1. The largest absolute Gasteiger partial charge is 0.497 e. The van der Waals surface area contributed by atoms with Crippen molar-refractivity contribution < 1.29 is 9.84 Å². The number of hydrogen-bond donors (Lipinski definition) is 2. The first kappa shape index (κ1) is 14.7. The molecular weight excluding hydrogens is 260 g/mol. The van der Waals surface area contributed by atoms with E-state index in [9.17, 15) is 5.11 Å². The van der Waals surface area contributed by atoms with Gasteiger partial charge in [0, 0.05) is 43.4 Å². The SMILES string of the molecule is COc1cccc(SCC(O)CN2CCNCC2)c1. The molecule has 106 valence electrons. The highest BCUT2D eigenvalue weighted by atomic mass is 32.2. The molecule has 2 N–H and O–H groups in total. The molecule has 19 heavy (non-hydrogen) atoms. The highest BCUT2D eigenvalue weighted by Crippen LogP contribution is 2.23. The Bertz CT molecular complexity index is 383. The standard InChI is InChI=1S/C14H22N2O2S/c1-18-13-3-2-4-14(9-13)19-11-12(17)10-16-7-5-15-6-8-16/h2-4,9,12,15,17H,5-8,10-11H2,1H3. The lowest BCUT2D eigenvalue weighted by molar-refractivity contribution is 0.121. The summed E-state index contributed by atoms with van der Waals surface area (Å²) in [5, 5.41) is 13.4. The molecule has 4 nitrogen and oxygen atoms in total. The minimum absolute atomic E-state index is 0.283. The van der Waals surface area contributed by atoms with E-state index in [0.717, 1.165) is 49.1 Å². The van der Waals surface area contributed by atoms with E-state index in [1.165, 1.54) is 0 Å². The van der Waals surface area contributed by atoms with Crippen molar-refractivity contribution in [2.24, 2.45) is 0 Å². The zero-order valence-electron chi connectivity index (χ0n) is 11.3. The monoisotopic (exact) mass is 282 g/mol. The van der Waals surface area contributed by atoms with Crippen molar-refractivity contribution in [3.8, 4) is 5.75 Å². The lowest BCUT2D eigenvalue weighted by Gasteiger charge is -2.28. The van der Waals surface area contributed by atoms with Crippen molar-refractivity contribution in [1.82, 2.24) is 10.2 Å². The highest BCUT2D eigenvalue weighted by Gasteiger charge is 2.14. The molecule has 0 radical (unpaired) electrons. The van der Waals surface area contributed by atoms with Crippen LogP contribution in [-0.4, -0.2) is 61.7 Å². The summed E-state index contributed by atoms with van der Waals surface area (Å²) in [6, 6.07) is 7.96. The third-order valence-corrected chi connectivity index (χ3v) is 4.30. The van der Waals surface area contributed by atoms with Gasteiger partial charge in [-0.3, -0.25) is 4.90 Å². The van der Waals surface area contributed by atoms with Crippen LogP contribution in [0.3, 0.4) is 0 Å². The van der Waals surface area contributed by atoms with Crippen LogP contribution in [0.25, 0.3) is 0 Å². The summed E-state index contributed by atoms with van der Waals surface area (Å²) in [5.74, 6) is 1.58. The molecule has 1 atom stereocenters. The Balaban J connectivity index is 1.74. The molecule has 0 bridgehead atoms. The van der Waals surface area contributed by atoms with Gasteiger partial charge in [-0.25, -0.2) is 0 Å². The minimum atomic E-state index is -0.283. The molecule has 1 unspecified atom stereocenters. The number of nitrogens with one attached hydrogen (secondary N) is 1. The molecule has 1 aliphatic rings. The molecule has 1 saturated heterocycles. The second-order valence-corrected chi connectivity index (χ2v) is 5.79. The van der Waals surface area contributed by atoms with Gasteiger partial charge < -0.3 is 15.2 Å². The maximum atomic E-state index is 10.1. The Hall–Kier alpha value is -0.750. The molecule has 1 aromatic rings. The van der Waals surface area contributed by atoms with Crippen LogP contribution >= 0.6 is 11.8 Å². The second kappa shape index (κ2) is 7.75. The van der Waals surface area contributed by atoms with Gasteiger partial charge in [-0.1, -0.05) is 6.07 Å². The van der Waals surface area contributed by atoms with Crippen molar-refractivity contribution in [3.05, 3.63) is 24.3 Å². The number of aliphatic hydroxyl groups excluding tert-OH is 1. The predicted molar refractivity (Wildman–Crippen MR) is 79.0 cm³/mol. The van der Waals surface area contributed by atoms with Crippen LogP contribution in [0.15, 0.2) is 29.2 Å². The van der Waals surface area contributed by atoms with E-state index >= 15 is 0 Å². The van der Waals surface area contributed by atoms with Gasteiger partial charge >= 0.3 is 0 Å². The number of methoxy groups -OCH3 is 1. The Morgan fingerprint density at radius 3 is 2.95 bits per heavy atom. The summed E-state index contributed by atoms with van der Waals surface area (Å²) < 4.78 is 5.19. The molecule has 0 saturated carbocycles. The molecule has 2 rings (SSSR count). The van der Waals surface area contributed by atoms with E-state index in [4.69, 9.17) is 4.74 Å². The van der Waals surface area contributed by atoms with E-state index in [-0.39, 0.29) is 6.10 Å². The van der Waals surface area contributed by atoms with Crippen molar-refractivity contribution in [2.45, 2.75) is 11.0 Å². The maximum Gasteiger partial charge on any atom is 0.119 e. The first-order valence-corrected chi connectivity index (χ1v) is 7.64. The van der Waals surface area contributed by atoms with Crippen LogP contribution < -0.4 is 10.1 Å². The summed E-state index contributed by atoms with van der Waals surface area (Å²) in [4.78, 5) is 3.45. The third-order valence-electron chi connectivity index (χ3n) is 3.16. The first-order valence-electron chi connectivity index (χ1n) is 6.66. The van der Waals surface area contributed by atoms with Crippen LogP contribution in [0, 0.1) is 0 Å². The summed E-state index contributed by atoms with van der Waals surface area (Å²) in [7, 11) is 1.67. The molecule has 0 aromatic heterocycles. The summed E-state index contributed by atoms with van der Waals surface area (Å²) in [6.45, 7) is 4.87. The van der Waals surface area contributed by atoms with E-state index in [1.807, 2.05) is 24.3 Å². The van der Waals surface area contributed by atoms with Gasteiger partial charge in [0.1, 0.15) is 5.75 Å². The molecule has 1 aliphatic heterocycles. The number of aliphatic hydroxyl groups is 1. The van der Waals surface area contributed by atoms with Gasteiger partial charge in [0.25, 0.3) is 0 Å². The Labute approximate surface area is 119 Å². The number of ether oxygens (including phenoxy) is 1. The first-order chi connectivity index (χ1) is 9.28. The Morgan fingerprint density at radius 2 is 2.21 bits per heavy atom. The van der Waals surface area contributed by atoms with Crippen molar-refractivity contribution in [1.29, 1.82) is 0 Å². The quantitative estimate of drug-likeness (QED) is 0.764. The topological polar surface area (TPSA) is 44.7 Å². The Morgan fingerprint density at radius 1 is 1.42 bits per heavy atom. The second-order valence-electron chi connectivity index (χ2n) is 4.69. The zero-order chi connectivity index (χ0) is 13.5. The van der Waals surface area contributed by atoms with Gasteiger partial charge in [0.2, 0.25) is 0 Å². The summed E-state index contributed by atoms with van der Waals surface area (Å²) in [6.07, 6.45) is -0.283. The van der Waals surface area contributed by atoms with Crippen LogP contribution in [0.4, 0.5) is 0 Å². The molecule has 5 heteroatoms. The van der Waals surface area contributed by atoms with Crippen LogP contribution in [-0.2, 0) is 0 Å². The Kier molecular flexibility index (Phi) is 5.97. The molecular formula is C14H22N2O2S. The van der Waals surface area contributed by atoms with Gasteiger partial charge in [0.05, 0.1) is 13.2 Å². The molecule has 1 heterocycles. The average molecular weight is 282 g/mol. The van der Waals surface area contributed by atoms with Crippen LogP contribution in [0.1, 0.15) is 0 Å². The third kappa shape index (κ3) is 5.03. The number of hydrogen-bond acceptors (Lipinski definition) is 5. The molecule has 1 aromatic carbocycles. The number of β-amino-alcohol motifs (C(OH)–C–C–N with tert-alkyl or cyclic N) is 1. The average Bonchev–Trinajstić information content (AvgIpc) is 2.46. The normalized spacial score (nSPS) is 18.2. The minimum Gasteiger partial charge on any atom is -0.497 e. The van der Waals surface area contributed by atoms with E-state index < -0.39 is 0 Å². The number of nitrogens with zero attached hydrogens (tertiary/aromatic N) is 1. The molecule has 0 spiro atoms. The lowest BCUT2D eigenvalue weighted by atomic mass is 10.3. The number of rotatable bonds is 6. The van der Waals surface area contributed by atoms with Gasteiger partial charge in [-0.05, 0) is 18.2 Å². The molecule has 0 amide bonds. The van der Waals surface area contributed by atoms with Crippen molar-refractivity contribution >= 4 is 11.8 Å². The molecule has 1 fully saturated rings. The van der Waals surface area contributed by atoms with Crippen molar-refractivity contribution in [2.75, 3.05) is 45.6 Å².